The lowest BCUT2D eigenvalue weighted by atomic mass is 10.3. The molecule has 0 bridgehead atoms. The predicted molar refractivity (Wildman–Crippen MR) is 123 cm³/mol. The molecule has 2 aromatic heterocycles. The highest BCUT2D eigenvalue weighted by atomic mass is 31.2. The van der Waals surface area contributed by atoms with Gasteiger partial charge in [-0.2, -0.15) is 0 Å². The number of nitrogens with zero attached hydrogens (tertiary/aromatic N) is 4. The number of carbonyl (C=O) groups is 2. The highest BCUT2D eigenvalue weighted by Crippen LogP contribution is 2.52. The summed E-state index contributed by atoms with van der Waals surface area (Å²) in [5.74, 6) is 0.218. The molecule has 0 spiro atoms. The molecule has 1 atom stereocenters. The van der Waals surface area contributed by atoms with Crippen molar-refractivity contribution < 1.29 is 47.6 Å². The van der Waals surface area contributed by atoms with Gasteiger partial charge in [0, 0.05) is 0 Å². The zero-order valence-electron chi connectivity index (χ0n) is 20.4. The largest absolute Gasteiger partial charge is 0.508 e. The fraction of sp³-hybridized carbons (Fsp3) is 0.650. The Hall–Kier alpha value is -3.00. The van der Waals surface area contributed by atoms with Crippen molar-refractivity contribution in [3.8, 4) is 0 Å². The molecule has 3 rings (SSSR count). The minimum absolute atomic E-state index is 0.207. The second kappa shape index (κ2) is 11.4. The van der Waals surface area contributed by atoms with Crippen LogP contribution in [0.2, 0.25) is 0 Å². The summed E-state index contributed by atoms with van der Waals surface area (Å²) < 4.78 is 39.2. The topological polar surface area (TPSA) is 196 Å². The molecule has 1 unspecified atom stereocenters. The summed E-state index contributed by atoms with van der Waals surface area (Å²) in [5, 5.41) is 0. The number of anilines is 1. The summed E-state index contributed by atoms with van der Waals surface area (Å²) in [4.78, 5) is 51.7. The van der Waals surface area contributed by atoms with Crippen LogP contribution in [0.15, 0.2) is 12.7 Å². The standard InChI is InChI=1S/C20H30N5O10P/c1-12(2)32-18(26)30-7-14(8-31-19(27)33-13(3)4)36(28,29)35-34-20(5-6-20)9-25-11-24-15-16(21)22-10-23-17(15)25/h10-14H,5-9H2,1-4H3,(H,28,29)(H2,21,22,23). The third kappa shape index (κ3) is 7.50. The minimum Gasteiger partial charge on any atom is -0.433 e. The summed E-state index contributed by atoms with van der Waals surface area (Å²) >= 11 is 0. The second-order valence-corrected chi connectivity index (χ2v) is 10.8. The Labute approximate surface area is 206 Å². The highest BCUT2D eigenvalue weighted by Gasteiger charge is 2.49. The Morgan fingerprint density at radius 3 is 2.19 bits per heavy atom. The summed E-state index contributed by atoms with van der Waals surface area (Å²) in [7, 11) is -4.64. The van der Waals surface area contributed by atoms with Crippen LogP contribution < -0.4 is 5.73 Å². The van der Waals surface area contributed by atoms with E-state index in [-0.39, 0.29) is 12.4 Å². The summed E-state index contributed by atoms with van der Waals surface area (Å²) in [6, 6.07) is 0. The van der Waals surface area contributed by atoms with Crippen molar-refractivity contribution in [2.75, 3.05) is 18.9 Å². The third-order valence-electron chi connectivity index (χ3n) is 4.93. The molecular weight excluding hydrogens is 501 g/mol. The van der Waals surface area contributed by atoms with Gasteiger partial charge in [0.05, 0.1) is 25.1 Å². The number of hydrogen-bond donors (Lipinski definition) is 2. The molecule has 0 aliphatic heterocycles. The molecule has 2 aromatic rings. The number of hydrogen-bond acceptors (Lipinski definition) is 13. The second-order valence-electron chi connectivity index (χ2n) is 8.82. The van der Waals surface area contributed by atoms with Crippen LogP contribution in [0.4, 0.5) is 15.4 Å². The van der Waals surface area contributed by atoms with Crippen molar-refractivity contribution in [1.29, 1.82) is 0 Å². The molecule has 0 saturated heterocycles. The molecule has 1 aliphatic carbocycles. The maximum atomic E-state index is 13.0. The molecule has 0 radical (unpaired) electrons. The van der Waals surface area contributed by atoms with Crippen LogP contribution in [-0.4, -0.2) is 73.4 Å². The van der Waals surface area contributed by atoms with Crippen molar-refractivity contribution in [3.63, 3.8) is 0 Å². The monoisotopic (exact) mass is 531 g/mol. The molecular formula is C20H30N5O10P. The van der Waals surface area contributed by atoms with E-state index in [9.17, 15) is 19.0 Å². The van der Waals surface area contributed by atoms with Crippen LogP contribution in [0.5, 0.6) is 0 Å². The van der Waals surface area contributed by atoms with Gasteiger partial charge in [-0.3, -0.25) is 4.57 Å². The van der Waals surface area contributed by atoms with E-state index in [1.54, 1.807) is 32.3 Å². The maximum absolute atomic E-state index is 13.0. The number of fused-ring (bicyclic) bond motifs is 1. The highest BCUT2D eigenvalue weighted by molar-refractivity contribution is 7.53. The number of imidazole rings is 1. The molecule has 200 valence electrons. The average Bonchev–Trinajstić information content (AvgIpc) is 3.42. The summed E-state index contributed by atoms with van der Waals surface area (Å²) in [6.45, 7) is 5.35. The predicted octanol–water partition coefficient (Wildman–Crippen LogP) is 2.57. The van der Waals surface area contributed by atoms with Crippen LogP contribution in [0.25, 0.3) is 11.2 Å². The maximum Gasteiger partial charge on any atom is 0.508 e. The van der Waals surface area contributed by atoms with Crippen LogP contribution in [-0.2, 0) is 39.6 Å². The molecule has 16 heteroatoms. The van der Waals surface area contributed by atoms with E-state index in [0.29, 0.717) is 24.0 Å². The number of carbonyl (C=O) groups excluding carboxylic acids is 2. The SMILES string of the molecule is CC(C)OC(=O)OCC(COC(=O)OC(C)C)P(=O)(O)OOC1(Cn2cnc3c(N)ncnc32)CC1. The zero-order chi connectivity index (χ0) is 26.5. The van der Waals surface area contributed by atoms with E-state index < -0.39 is 56.6 Å². The molecule has 1 fully saturated rings. The fourth-order valence-corrected chi connectivity index (χ4v) is 3.86. The van der Waals surface area contributed by atoms with Crippen molar-refractivity contribution in [2.24, 2.45) is 0 Å². The Kier molecular flexibility index (Phi) is 8.71. The molecule has 0 aromatic carbocycles. The lowest BCUT2D eigenvalue weighted by molar-refractivity contribution is -0.267. The Morgan fingerprint density at radius 1 is 1.08 bits per heavy atom. The molecule has 1 saturated carbocycles. The van der Waals surface area contributed by atoms with Crippen LogP contribution in [0, 0.1) is 0 Å². The first-order valence-corrected chi connectivity index (χ1v) is 12.8. The molecule has 0 amide bonds. The molecule has 2 heterocycles. The fourth-order valence-electron chi connectivity index (χ4n) is 2.94. The molecule has 36 heavy (non-hydrogen) atoms. The van der Waals surface area contributed by atoms with E-state index in [2.05, 4.69) is 15.0 Å². The molecule has 1 aliphatic rings. The van der Waals surface area contributed by atoms with E-state index in [0.717, 1.165) is 0 Å². The first-order chi connectivity index (χ1) is 16.9. The van der Waals surface area contributed by atoms with Crippen LogP contribution in [0.3, 0.4) is 0 Å². The first-order valence-electron chi connectivity index (χ1n) is 11.2. The smallest absolute Gasteiger partial charge is 0.433 e. The van der Waals surface area contributed by atoms with Gasteiger partial charge in [-0.05, 0) is 40.5 Å². The van der Waals surface area contributed by atoms with Crippen LogP contribution in [0.1, 0.15) is 40.5 Å². The third-order valence-corrected chi connectivity index (χ3v) is 6.44. The van der Waals surface area contributed by atoms with Gasteiger partial charge in [-0.1, -0.05) is 0 Å². The number of nitrogens with two attached hydrogens (primary N) is 1. The van der Waals surface area contributed by atoms with E-state index in [1.165, 1.54) is 12.7 Å². The average molecular weight is 531 g/mol. The van der Waals surface area contributed by atoms with Crippen molar-refractivity contribution >= 4 is 36.9 Å². The normalized spacial score (nSPS) is 16.2. The van der Waals surface area contributed by atoms with Crippen LogP contribution >= 0.6 is 7.60 Å². The number of ether oxygens (including phenoxy) is 4. The number of aromatic nitrogens is 4. The van der Waals surface area contributed by atoms with Crippen molar-refractivity contribution in [2.45, 2.75) is 70.5 Å². The van der Waals surface area contributed by atoms with Crippen molar-refractivity contribution in [1.82, 2.24) is 19.5 Å². The summed E-state index contributed by atoms with van der Waals surface area (Å²) in [6.07, 6.45) is 0.780. The van der Waals surface area contributed by atoms with Gasteiger partial charge in [0.2, 0.25) is 0 Å². The van der Waals surface area contributed by atoms with E-state index in [4.69, 9.17) is 34.2 Å². The van der Waals surface area contributed by atoms with Gasteiger partial charge in [0.15, 0.2) is 11.5 Å². The van der Waals surface area contributed by atoms with E-state index >= 15 is 0 Å². The molecule has 3 N–H and O–H groups in total. The lowest BCUT2D eigenvalue weighted by Crippen LogP contribution is -2.29. The number of rotatable bonds is 12. The quantitative estimate of drug-likeness (QED) is 0.175. The van der Waals surface area contributed by atoms with E-state index in [1.807, 2.05) is 0 Å². The minimum atomic E-state index is -4.64. The Morgan fingerprint density at radius 2 is 1.67 bits per heavy atom. The van der Waals surface area contributed by atoms with Gasteiger partial charge in [-0.25, -0.2) is 29.4 Å². The van der Waals surface area contributed by atoms with Gasteiger partial charge in [0.25, 0.3) is 0 Å². The van der Waals surface area contributed by atoms with Gasteiger partial charge >= 0.3 is 19.9 Å². The number of nitrogen functional groups attached to an aromatic ring is 1. The first kappa shape index (κ1) is 27.6. The van der Waals surface area contributed by atoms with Gasteiger partial charge in [-0.15, -0.1) is 4.67 Å². The van der Waals surface area contributed by atoms with Gasteiger partial charge in [0.1, 0.15) is 36.3 Å². The summed E-state index contributed by atoms with van der Waals surface area (Å²) in [5.41, 5.74) is 4.29. The van der Waals surface area contributed by atoms with Gasteiger partial charge < -0.3 is 34.1 Å². The lowest BCUT2D eigenvalue weighted by Gasteiger charge is -2.24. The Bertz CT molecular complexity index is 1090. The van der Waals surface area contributed by atoms with Crippen molar-refractivity contribution in [3.05, 3.63) is 12.7 Å². The Balaban J connectivity index is 1.65. The molecule has 15 nitrogen and oxygen atoms in total. The zero-order valence-corrected chi connectivity index (χ0v) is 21.3.